The van der Waals surface area contributed by atoms with Crippen LogP contribution in [0.4, 0.5) is 0 Å². The first-order valence-corrected chi connectivity index (χ1v) is 15.3. The lowest BCUT2D eigenvalue weighted by atomic mass is 9.88. The molecule has 4 rings (SSSR count). The first kappa shape index (κ1) is 28.2. The van der Waals surface area contributed by atoms with Crippen LogP contribution in [0.5, 0.6) is 5.75 Å². The molecule has 2 aliphatic rings. The van der Waals surface area contributed by atoms with E-state index in [0.717, 1.165) is 6.42 Å². The predicted molar refractivity (Wildman–Crippen MR) is 139 cm³/mol. The molecule has 1 spiro atoms. The smallest absolute Gasteiger partial charge is 0.243 e. The molecule has 2 aromatic rings. The number of halogens is 1. The van der Waals surface area contributed by atoms with E-state index in [2.05, 4.69) is 10.0 Å². The van der Waals surface area contributed by atoms with Gasteiger partial charge < -0.3 is 19.9 Å². The first-order chi connectivity index (χ1) is 17.5. The largest absolute Gasteiger partial charge is 0.491 e. The van der Waals surface area contributed by atoms with Gasteiger partial charge in [-0.15, -0.1) is 0 Å². The molecule has 0 amide bonds. The number of aliphatic hydroxyl groups is 1. The summed E-state index contributed by atoms with van der Waals surface area (Å²) in [5.74, 6) is 0.345. The molecule has 0 saturated carbocycles. The molecule has 2 fully saturated rings. The van der Waals surface area contributed by atoms with E-state index in [1.54, 1.807) is 30.3 Å². The van der Waals surface area contributed by atoms with Crippen molar-refractivity contribution in [2.75, 3.05) is 39.9 Å². The summed E-state index contributed by atoms with van der Waals surface area (Å²) in [5.41, 5.74) is -0.390. The van der Waals surface area contributed by atoms with Gasteiger partial charge in [-0.25, -0.2) is 21.6 Å². The minimum Gasteiger partial charge on any atom is -0.491 e. The van der Waals surface area contributed by atoms with E-state index in [-0.39, 0.29) is 29.0 Å². The van der Waals surface area contributed by atoms with Gasteiger partial charge in [0.1, 0.15) is 18.5 Å². The van der Waals surface area contributed by atoms with Crippen LogP contribution in [0.1, 0.15) is 19.3 Å². The summed E-state index contributed by atoms with van der Waals surface area (Å²) in [6, 6.07) is 12.4. The number of sulfonamides is 2. The van der Waals surface area contributed by atoms with Gasteiger partial charge in [0.25, 0.3) is 0 Å². The lowest BCUT2D eigenvalue weighted by Crippen LogP contribution is -2.47. The number of aliphatic hydroxyl groups excluding tert-OH is 1. The number of rotatable bonds is 10. The van der Waals surface area contributed by atoms with Crippen molar-refractivity contribution in [2.24, 2.45) is 0 Å². The highest BCUT2D eigenvalue weighted by molar-refractivity contribution is 7.89. The van der Waals surface area contributed by atoms with Crippen LogP contribution in [0, 0.1) is 0 Å². The molecule has 0 aromatic heterocycles. The van der Waals surface area contributed by atoms with Crippen molar-refractivity contribution in [1.82, 2.24) is 14.3 Å². The van der Waals surface area contributed by atoms with Crippen molar-refractivity contribution in [3.05, 3.63) is 53.6 Å². The van der Waals surface area contributed by atoms with Gasteiger partial charge in [-0.05, 0) is 56.6 Å². The second kappa shape index (κ2) is 11.5. The summed E-state index contributed by atoms with van der Waals surface area (Å²) in [5, 5.41) is 14.0. The van der Waals surface area contributed by atoms with Crippen molar-refractivity contribution >= 4 is 31.6 Å². The Morgan fingerprint density at radius 2 is 1.84 bits per heavy atom. The summed E-state index contributed by atoms with van der Waals surface area (Å²) in [6.45, 7) is 1.46. The number of ether oxygens (including phenoxy) is 2. The van der Waals surface area contributed by atoms with Crippen LogP contribution in [0.2, 0.25) is 5.02 Å². The van der Waals surface area contributed by atoms with Gasteiger partial charge in [-0.1, -0.05) is 23.7 Å². The molecule has 2 saturated heterocycles. The van der Waals surface area contributed by atoms with Gasteiger partial charge >= 0.3 is 0 Å². The quantitative estimate of drug-likeness (QED) is 0.390. The molecule has 2 atom stereocenters. The summed E-state index contributed by atoms with van der Waals surface area (Å²) < 4.78 is 65.2. The molecule has 2 heterocycles. The second-order valence-electron chi connectivity index (χ2n) is 9.31. The molecule has 10 nitrogen and oxygen atoms in total. The van der Waals surface area contributed by atoms with E-state index in [4.69, 9.17) is 21.1 Å². The number of piperidine rings is 1. The zero-order chi connectivity index (χ0) is 26.7. The van der Waals surface area contributed by atoms with Crippen LogP contribution < -0.4 is 14.8 Å². The number of nitrogens with one attached hydrogen (secondary N) is 2. The van der Waals surface area contributed by atoms with Crippen LogP contribution in [-0.4, -0.2) is 83.9 Å². The third-order valence-electron chi connectivity index (χ3n) is 6.75. The standard InChI is InChI=1S/C24H32ClN3O7S2/c1-26-36(30,31)22-6-3-5-21(13-22)34-17-20(29)15-27-19-14-24(35-16-19)8-10-28(11-9-24)37(32,33)23-7-2-4-18(25)12-23/h2-7,12-13,19-20,26-27,29H,8-11,14-17H2,1H3/t19-,20?/m1/s1. The number of hydrogen-bond donors (Lipinski definition) is 3. The normalized spacial score (nSPS) is 21.2. The maximum absolute atomic E-state index is 13.0. The Labute approximate surface area is 223 Å². The Morgan fingerprint density at radius 1 is 1.14 bits per heavy atom. The fourth-order valence-corrected chi connectivity index (χ4v) is 7.15. The topological polar surface area (TPSA) is 134 Å². The maximum Gasteiger partial charge on any atom is 0.243 e. The van der Waals surface area contributed by atoms with Gasteiger partial charge in [-0.3, -0.25) is 0 Å². The molecule has 3 N–H and O–H groups in total. The molecule has 1 unspecified atom stereocenters. The highest BCUT2D eigenvalue weighted by Gasteiger charge is 2.44. The lowest BCUT2D eigenvalue weighted by Gasteiger charge is -2.38. The fraction of sp³-hybridized carbons (Fsp3) is 0.500. The van der Waals surface area contributed by atoms with E-state index in [0.29, 0.717) is 43.3 Å². The maximum atomic E-state index is 13.0. The molecule has 0 bridgehead atoms. The molecule has 13 heteroatoms. The number of hydrogen-bond acceptors (Lipinski definition) is 8. The summed E-state index contributed by atoms with van der Waals surface area (Å²) in [4.78, 5) is 0.273. The van der Waals surface area contributed by atoms with Crippen LogP contribution in [0.25, 0.3) is 0 Å². The van der Waals surface area contributed by atoms with Crippen molar-refractivity contribution < 1.29 is 31.4 Å². The van der Waals surface area contributed by atoms with E-state index >= 15 is 0 Å². The molecule has 204 valence electrons. The summed E-state index contributed by atoms with van der Waals surface area (Å²) in [6.07, 6.45) is 1.08. The molecule has 37 heavy (non-hydrogen) atoms. The van der Waals surface area contributed by atoms with Crippen LogP contribution in [0.15, 0.2) is 58.3 Å². The third-order valence-corrected chi connectivity index (χ3v) is 10.3. The Bertz CT molecular complexity index is 1300. The monoisotopic (exact) mass is 573 g/mol. The molecule has 2 aromatic carbocycles. The highest BCUT2D eigenvalue weighted by Crippen LogP contribution is 2.37. The average molecular weight is 574 g/mol. The average Bonchev–Trinajstić information content (AvgIpc) is 3.28. The van der Waals surface area contributed by atoms with Gasteiger partial charge in [0.05, 0.1) is 22.0 Å². The van der Waals surface area contributed by atoms with Crippen molar-refractivity contribution in [3.63, 3.8) is 0 Å². The minimum absolute atomic E-state index is 0.00883. The Morgan fingerprint density at radius 3 is 2.54 bits per heavy atom. The zero-order valence-electron chi connectivity index (χ0n) is 20.5. The van der Waals surface area contributed by atoms with Gasteiger partial charge in [0, 0.05) is 36.8 Å². The Kier molecular flexibility index (Phi) is 8.81. The van der Waals surface area contributed by atoms with Gasteiger partial charge in [0.2, 0.25) is 20.0 Å². The highest BCUT2D eigenvalue weighted by atomic mass is 35.5. The zero-order valence-corrected chi connectivity index (χ0v) is 22.9. The first-order valence-electron chi connectivity index (χ1n) is 12.0. The van der Waals surface area contributed by atoms with Crippen LogP contribution in [0.3, 0.4) is 0 Å². The third kappa shape index (κ3) is 6.82. The van der Waals surface area contributed by atoms with Crippen LogP contribution >= 0.6 is 11.6 Å². The SMILES string of the molecule is CNS(=O)(=O)c1cccc(OCC(O)CN[C@H]2COC3(CCN(S(=O)(=O)c4cccc(Cl)c4)CC3)C2)c1. The van der Waals surface area contributed by atoms with E-state index in [9.17, 15) is 21.9 Å². The van der Waals surface area contributed by atoms with E-state index in [1.807, 2.05) is 0 Å². The van der Waals surface area contributed by atoms with Crippen molar-refractivity contribution in [1.29, 1.82) is 0 Å². The van der Waals surface area contributed by atoms with Crippen LogP contribution in [-0.2, 0) is 24.8 Å². The van der Waals surface area contributed by atoms with Gasteiger partial charge in [-0.2, -0.15) is 4.31 Å². The van der Waals surface area contributed by atoms with Gasteiger partial charge in [0.15, 0.2) is 0 Å². The molecular formula is C24H32ClN3O7S2. The summed E-state index contributed by atoms with van der Waals surface area (Å²) in [7, 11) is -5.86. The molecule has 0 radical (unpaired) electrons. The minimum atomic E-state index is -3.61. The fourth-order valence-electron chi connectivity index (χ4n) is 4.64. The van der Waals surface area contributed by atoms with E-state index in [1.165, 1.54) is 29.6 Å². The Balaban J connectivity index is 1.23. The Hall–Kier alpha value is -1.77. The molecule has 0 aliphatic carbocycles. The predicted octanol–water partition coefficient (Wildman–Crippen LogP) is 1.59. The second-order valence-corrected chi connectivity index (χ2v) is 13.6. The number of benzene rings is 2. The molecule has 2 aliphatic heterocycles. The molecular weight excluding hydrogens is 542 g/mol. The summed E-state index contributed by atoms with van der Waals surface area (Å²) >= 11 is 5.98. The number of nitrogens with zero attached hydrogens (tertiary/aromatic N) is 1. The van der Waals surface area contributed by atoms with E-state index < -0.39 is 31.8 Å². The lowest BCUT2D eigenvalue weighted by molar-refractivity contribution is -0.0312. The van der Waals surface area contributed by atoms with Crippen molar-refractivity contribution in [2.45, 2.75) is 46.8 Å². The van der Waals surface area contributed by atoms with Crippen molar-refractivity contribution in [3.8, 4) is 5.75 Å².